The molecule has 0 fully saturated rings. The van der Waals surface area contributed by atoms with E-state index in [1.807, 2.05) is 24.3 Å². The van der Waals surface area contributed by atoms with Gasteiger partial charge in [0.15, 0.2) is 17.3 Å². The van der Waals surface area contributed by atoms with Crippen molar-refractivity contribution in [1.82, 2.24) is 9.97 Å². The Kier molecular flexibility index (Phi) is 7.11. The quantitative estimate of drug-likeness (QED) is 0.260. The molecule has 0 aliphatic rings. The Morgan fingerprint density at radius 1 is 0.800 bits per heavy atom. The number of aromatic nitrogens is 2. The van der Waals surface area contributed by atoms with E-state index in [9.17, 15) is 4.79 Å². The number of hydrogen-bond acceptors (Lipinski definition) is 8. The van der Waals surface area contributed by atoms with Crippen molar-refractivity contribution in [3.63, 3.8) is 0 Å². The smallest absolute Gasteiger partial charge is 0.185 e. The first-order valence-corrected chi connectivity index (χ1v) is 10.7. The van der Waals surface area contributed by atoms with Crippen molar-refractivity contribution in [1.29, 1.82) is 0 Å². The third kappa shape index (κ3) is 5.16. The number of allylic oxidation sites excluding steroid dienone is 1. The van der Waals surface area contributed by atoms with Gasteiger partial charge in [0.25, 0.3) is 0 Å². The number of hydrogen-bond donors (Lipinski definition) is 1. The number of nitrogens with one attached hydrogen (secondary N) is 1. The minimum Gasteiger partial charge on any atom is -0.497 e. The van der Waals surface area contributed by atoms with Crippen LogP contribution in [0, 0.1) is 0 Å². The maximum atomic E-state index is 12.7. The van der Waals surface area contributed by atoms with E-state index in [1.165, 1.54) is 12.4 Å². The van der Waals surface area contributed by atoms with Crippen LogP contribution in [0.4, 0.5) is 11.5 Å². The second kappa shape index (κ2) is 10.6. The Labute approximate surface area is 203 Å². The number of benzene rings is 3. The van der Waals surface area contributed by atoms with Gasteiger partial charge in [0, 0.05) is 28.3 Å². The highest BCUT2D eigenvalue weighted by molar-refractivity contribution is 6.07. The summed E-state index contributed by atoms with van der Waals surface area (Å²) >= 11 is 0. The van der Waals surface area contributed by atoms with Gasteiger partial charge in [-0.1, -0.05) is 0 Å². The van der Waals surface area contributed by atoms with Crippen molar-refractivity contribution in [2.24, 2.45) is 0 Å². The molecule has 3 aromatic carbocycles. The van der Waals surface area contributed by atoms with Crippen LogP contribution in [0.2, 0.25) is 0 Å². The molecule has 1 aromatic heterocycles. The summed E-state index contributed by atoms with van der Waals surface area (Å²) in [4.78, 5) is 21.4. The minimum atomic E-state index is -0.134. The lowest BCUT2D eigenvalue weighted by Crippen LogP contribution is -1.99. The molecule has 0 atom stereocenters. The first kappa shape index (κ1) is 23.6. The number of carbonyl (C=O) groups excluding carboxylic acids is 1. The predicted molar refractivity (Wildman–Crippen MR) is 135 cm³/mol. The molecule has 0 saturated carbocycles. The van der Waals surface area contributed by atoms with Crippen molar-refractivity contribution >= 4 is 34.3 Å². The maximum absolute atomic E-state index is 12.7. The zero-order valence-electron chi connectivity index (χ0n) is 19.9. The molecule has 0 aliphatic carbocycles. The van der Waals surface area contributed by atoms with Gasteiger partial charge in [-0.15, -0.1) is 0 Å². The van der Waals surface area contributed by atoms with E-state index in [0.717, 1.165) is 16.6 Å². The molecule has 35 heavy (non-hydrogen) atoms. The predicted octanol–water partition coefficient (Wildman–Crippen LogP) is 5.30. The third-order valence-electron chi connectivity index (χ3n) is 5.42. The average Bonchev–Trinajstić information content (AvgIpc) is 2.91. The number of fused-ring (bicyclic) bond motifs is 1. The highest BCUT2D eigenvalue weighted by Crippen LogP contribution is 2.34. The largest absolute Gasteiger partial charge is 0.497 e. The molecule has 0 spiro atoms. The zero-order valence-corrected chi connectivity index (χ0v) is 19.9. The van der Waals surface area contributed by atoms with Crippen molar-refractivity contribution < 1.29 is 23.7 Å². The fraction of sp³-hybridized carbons (Fsp3) is 0.148. The Morgan fingerprint density at radius 3 is 2.20 bits per heavy atom. The standard InChI is InChI=1S/C27H25N3O5/c1-32-20-10-12-24(33-2)18(13-20)7-11-23(31)17-5-8-19(9-6-17)30-27-21-14-25(34-3)26(35-4)15-22(21)28-16-29-27/h5-16H,1-4H3,(H,28,29,30)/b11-7+. The van der Waals surface area contributed by atoms with E-state index in [0.29, 0.717) is 39.9 Å². The molecule has 0 saturated heterocycles. The van der Waals surface area contributed by atoms with Crippen molar-refractivity contribution in [2.75, 3.05) is 33.8 Å². The lowest BCUT2D eigenvalue weighted by Gasteiger charge is -2.12. The van der Waals surface area contributed by atoms with Crippen LogP contribution in [0.1, 0.15) is 15.9 Å². The van der Waals surface area contributed by atoms with Gasteiger partial charge in [-0.3, -0.25) is 4.79 Å². The molecule has 0 radical (unpaired) electrons. The van der Waals surface area contributed by atoms with Crippen LogP contribution in [0.15, 0.2) is 67.0 Å². The van der Waals surface area contributed by atoms with Crippen LogP contribution in [0.3, 0.4) is 0 Å². The summed E-state index contributed by atoms with van der Waals surface area (Å²) in [5.74, 6) is 2.98. The summed E-state index contributed by atoms with van der Waals surface area (Å²) in [5.41, 5.74) is 2.79. The van der Waals surface area contributed by atoms with Crippen molar-refractivity contribution in [2.45, 2.75) is 0 Å². The summed E-state index contributed by atoms with van der Waals surface area (Å²) in [6.45, 7) is 0. The molecule has 1 N–H and O–H groups in total. The van der Waals surface area contributed by atoms with Gasteiger partial charge in [-0.2, -0.15) is 0 Å². The summed E-state index contributed by atoms with van der Waals surface area (Å²) in [6, 6.07) is 16.2. The minimum absolute atomic E-state index is 0.134. The normalized spacial score (nSPS) is 10.9. The van der Waals surface area contributed by atoms with Gasteiger partial charge in [0.05, 0.1) is 34.0 Å². The van der Waals surface area contributed by atoms with E-state index in [-0.39, 0.29) is 5.78 Å². The van der Waals surface area contributed by atoms with Crippen molar-refractivity contribution in [3.05, 3.63) is 78.1 Å². The summed E-state index contributed by atoms with van der Waals surface area (Å²) < 4.78 is 21.4. The number of ketones is 1. The van der Waals surface area contributed by atoms with Gasteiger partial charge >= 0.3 is 0 Å². The lowest BCUT2D eigenvalue weighted by molar-refractivity contribution is 0.104. The molecule has 4 aromatic rings. The van der Waals surface area contributed by atoms with Crippen LogP contribution in [-0.2, 0) is 0 Å². The summed E-state index contributed by atoms with van der Waals surface area (Å²) in [7, 11) is 6.33. The fourth-order valence-corrected chi connectivity index (χ4v) is 3.57. The Hall–Kier alpha value is -4.59. The lowest BCUT2D eigenvalue weighted by atomic mass is 10.1. The second-order valence-corrected chi connectivity index (χ2v) is 7.45. The van der Waals surface area contributed by atoms with E-state index in [4.69, 9.17) is 18.9 Å². The number of rotatable bonds is 9. The molecule has 0 unspecified atom stereocenters. The topological polar surface area (TPSA) is 91.8 Å². The van der Waals surface area contributed by atoms with E-state index in [2.05, 4.69) is 15.3 Å². The molecule has 4 rings (SSSR count). The molecule has 1 heterocycles. The number of ether oxygens (including phenoxy) is 4. The van der Waals surface area contributed by atoms with Crippen LogP contribution in [0.25, 0.3) is 17.0 Å². The zero-order chi connectivity index (χ0) is 24.8. The number of carbonyl (C=O) groups is 1. The number of anilines is 2. The molecule has 8 nitrogen and oxygen atoms in total. The molecular weight excluding hydrogens is 446 g/mol. The van der Waals surface area contributed by atoms with Crippen LogP contribution < -0.4 is 24.3 Å². The van der Waals surface area contributed by atoms with Gasteiger partial charge in [-0.05, 0) is 60.7 Å². The summed E-state index contributed by atoms with van der Waals surface area (Å²) in [5, 5.41) is 4.06. The Bertz CT molecular complexity index is 1380. The SMILES string of the molecule is COc1ccc(OC)c(/C=C/C(=O)c2ccc(Nc3ncnc4cc(OC)c(OC)cc34)cc2)c1. The monoisotopic (exact) mass is 471 g/mol. The number of nitrogens with zero attached hydrogens (tertiary/aromatic N) is 2. The first-order valence-electron chi connectivity index (χ1n) is 10.7. The Morgan fingerprint density at radius 2 is 1.51 bits per heavy atom. The second-order valence-electron chi connectivity index (χ2n) is 7.45. The molecule has 0 aliphatic heterocycles. The van der Waals surface area contributed by atoms with Gasteiger partial charge in [0.2, 0.25) is 0 Å². The molecule has 0 amide bonds. The van der Waals surface area contributed by atoms with Crippen LogP contribution >= 0.6 is 0 Å². The molecule has 0 bridgehead atoms. The molecule has 178 valence electrons. The highest BCUT2D eigenvalue weighted by atomic mass is 16.5. The average molecular weight is 472 g/mol. The fourth-order valence-electron chi connectivity index (χ4n) is 3.57. The van der Waals surface area contributed by atoms with E-state index >= 15 is 0 Å². The molecule has 8 heteroatoms. The van der Waals surface area contributed by atoms with E-state index in [1.54, 1.807) is 64.8 Å². The maximum Gasteiger partial charge on any atom is 0.185 e. The third-order valence-corrected chi connectivity index (χ3v) is 5.42. The van der Waals surface area contributed by atoms with Crippen LogP contribution in [0.5, 0.6) is 23.0 Å². The summed E-state index contributed by atoms with van der Waals surface area (Å²) in [6.07, 6.45) is 4.70. The molecular formula is C27H25N3O5. The van der Waals surface area contributed by atoms with Crippen LogP contribution in [-0.4, -0.2) is 44.2 Å². The van der Waals surface area contributed by atoms with Gasteiger partial charge < -0.3 is 24.3 Å². The van der Waals surface area contributed by atoms with Gasteiger partial charge in [0.1, 0.15) is 23.6 Å². The van der Waals surface area contributed by atoms with Gasteiger partial charge in [-0.25, -0.2) is 9.97 Å². The van der Waals surface area contributed by atoms with Crippen molar-refractivity contribution in [3.8, 4) is 23.0 Å². The highest BCUT2D eigenvalue weighted by Gasteiger charge is 2.11. The first-order chi connectivity index (χ1) is 17.1. The van der Waals surface area contributed by atoms with E-state index < -0.39 is 0 Å². The Balaban J connectivity index is 1.53. The number of methoxy groups -OCH3 is 4.